The Morgan fingerprint density at radius 3 is 1.58 bits per heavy atom. The number of nitro benzene ring substituents is 2. The molecule has 2 aliphatic heterocycles. The van der Waals surface area contributed by atoms with E-state index in [1.807, 2.05) is 35.0 Å². The molecule has 0 aliphatic carbocycles. The minimum atomic E-state index is -4.64. The highest BCUT2D eigenvalue weighted by molar-refractivity contribution is 7.13. The molecule has 17 nitrogen and oxygen atoms in total. The van der Waals surface area contributed by atoms with E-state index in [4.69, 9.17) is 19.0 Å². The predicted octanol–water partition coefficient (Wildman–Crippen LogP) is 9.21. The SMILES string of the molecule is C.CC(C)(C)OC(=O)N1CC(COC(=O)Nc2cc(-c3cccs3)ccc2[N+](=O)[O-])C1.O=C(Nc1cc(-c2cccs2)ccc1[N+](=O)[O-])OCC1CNC1.O=CC(F)(F)F. The third-order valence-corrected chi connectivity index (χ3v) is 9.82. The van der Waals surface area contributed by atoms with Crippen LogP contribution in [0.15, 0.2) is 71.4 Å². The molecule has 6 rings (SSSR count). The lowest BCUT2D eigenvalue weighted by atomic mass is 10.0. The summed E-state index contributed by atoms with van der Waals surface area (Å²) in [5, 5.41) is 34.3. The first kappa shape index (κ1) is 48.2. The summed E-state index contributed by atoms with van der Waals surface area (Å²) in [5.74, 6) is 0.309. The second kappa shape index (κ2) is 21.8. The number of nitrogens with zero attached hydrogens (tertiary/aromatic N) is 3. The van der Waals surface area contributed by atoms with Crippen molar-refractivity contribution in [2.45, 2.75) is 40.0 Å². The quantitative estimate of drug-likeness (QED) is 0.0587. The van der Waals surface area contributed by atoms with Crippen molar-refractivity contribution < 1.29 is 56.4 Å². The van der Waals surface area contributed by atoms with Crippen molar-refractivity contribution >= 4 is 70.0 Å². The molecule has 0 atom stereocenters. The van der Waals surface area contributed by atoms with Crippen molar-refractivity contribution in [1.82, 2.24) is 10.2 Å². The molecule has 2 aromatic carbocycles. The van der Waals surface area contributed by atoms with E-state index < -0.39 is 46.2 Å². The second-order valence-corrected chi connectivity index (χ2v) is 15.7. The molecule has 0 radical (unpaired) electrons. The summed E-state index contributed by atoms with van der Waals surface area (Å²) in [6, 6.07) is 16.8. The van der Waals surface area contributed by atoms with E-state index in [1.165, 1.54) is 39.7 Å². The summed E-state index contributed by atoms with van der Waals surface area (Å²) >= 11 is 3.01. The summed E-state index contributed by atoms with van der Waals surface area (Å²) < 4.78 is 46.8. The Morgan fingerprint density at radius 1 is 0.817 bits per heavy atom. The van der Waals surface area contributed by atoms with Crippen LogP contribution < -0.4 is 16.0 Å². The summed E-state index contributed by atoms with van der Waals surface area (Å²) in [6.07, 6.45) is -7.56. The Labute approximate surface area is 350 Å². The van der Waals surface area contributed by atoms with Crippen LogP contribution in [0.4, 0.5) is 50.3 Å². The van der Waals surface area contributed by atoms with Gasteiger partial charge in [-0.25, -0.2) is 14.4 Å². The van der Waals surface area contributed by atoms with Gasteiger partial charge in [-0.05, 0) is 79.1 Å². The number of alkyl halides is 3. The first-order chi connectivity index (χ1) is 27.8. The van der Waals surface area contributed by atoms with Crippen LogP contribution in [0.5, 0.6) is 0 Å². The maximum Gasteiger partial charge on any atom is 0.446 e. The van der Waals surface area contributed by atoms with Gasteiger partial charge in [-0.3, -0.25) is 35.7 Å². The fourth-order valence-corrected chi connectivity index (χ4v) is 6.53. The molecule has 2 aromatic heterocycles. The topological polar surface area (TPSA) is 222 Å². The molecule has 0 bridgehead atoms. The maximum atomic E-state index is 12.2. The molecule has 0 saturated carbocycles. The lowest BCUT2D eigenvalue weighted by Gasteiger charge is -2.39. The maximum absolute atomic E-state index is 12.2. The standard InChI is InChI=1S/C20H23N3O6S.C15H15N3O4S.C2HF3O.CH4/c1-20(2,3)29-19(25)22-10-13(11-22)12-28-18(24)21-15-9-14(17-5-4-8-30-17)6-7-16(15)23(26)27;19-15(22-9-10-7-16-8-10)17-12-6-11(14-2-1-5-23-14)3-4-13(12)18(20)21;3-2(4,5)1-6;/h4-9,13H,10-12H2,1-3H3,(H,21,24);1-6,10,16H,7-9H2,(H,17,19);1H;1H4. The average molecular weight is 881 g/mol. The number of ether oxygens (including phenoxy) is 3. The van der Waals surface area contributed by atoms with Crippen LogP contribution >= 0.6 is 22.7 Å². The molecule has 3 N–H and O–H groups in total. The molecule has 2 aliphatic rings. The number of halogens is 3. The third-order valence-electron chi connectivity index (χ3n) is 7.98. The Kier molecular flexibility index (Phi) is 17.5. The van der Waals surface area contributed by atoms with Gasteiger partial charge in [0.2, 0.25) is 6.29 Å². The van der Waals surface area contributed by atoms with Crippen LogP contribution in [0, 0.1) is 32.1 Å². The van der Waals surface area contributed by atoms with Gasteiger partial charge in [0, 0.05) is 59.9 Å². The Bertz CT molecular complexity index is 2090. The molecular formula is C38H43F3N6O11S2. The Balaban J connectivity index is 0.000000284. The van der Waals surface area contributed by atoms with Crippen molar-refractivity contribution in [3.8, 4) is 20.9 Å². The number of aldehydes is 1. The molecule has 2 saturated heterocycles. The molecule has 3 amide bonds. The molecule has 0 unspecified atom stereocenters. The molecule has 22 heteroatoms. The van der Waals surface area contributed by atoms with Crippen molar-refractivity contribution in [1.29, 1.82) is 0 Å². The van der Waals surface area contributed by atoms with E-state index in [2.05, 4.69) is 16.0 Å². The summed E-state index contributed by atoms with van der Waals surface area (Å²) in [4.78, 5) is 69.4. The van der Waals surface area contributed by atoms with Crippen molar-refractivity contribution in [3.63, 3.8) is 0 Å². The fraction of sp³-hybridized carbons (Fsp3) is 0.368. The fourth-order valence-electron chi connectivity index (χ4n) is 5.08. The van der Waals surface area contributed by atoms with Gasteiger partial charge >= 0.3 is 24.5 Å². The molecule has 0 spiro atoms. The number of nitro groups is 2. The predicted molar refractivity (Wildman–Crippen MR) is 219 cm³/mol. The number of hydrogen-bond donors (Lipinski definition) is 3. The number of anilines is 2. The van der Waals surface area contributed by atoms with Gasteiger partial charge < -0.3 is 24.4 Å². The van der Waals surface area contributed by atoms with Gasteiger partial charge in [-0.2, -0.15) is 13.2 Å². The van der Waals surface area contributed by atoms with Crippen LogP contribution in [0.25, 0.3) is 20.9 Å². The number of likely N-dealkylation sites (tertiary alicyclic amines) is 1. The van der Waals surface area contributed by atoms with Gasteiger partial charge in [0.1, 0.15) is 17.0 Å². The molecule has 4 heterocycles. The van der Waals surface area contributed by atoms with E-state index in [1.54, 1.807) is 45.0 Å². The second-order valence-electron chi connectivity index (χ2n) is 13.8. The normalized spacial score (nSPS) is 13.5. The molecule has 324 valence electrons. The molecule has 60 heavy (non-hydrogen) atoms. The van der Waals surface area contributed by atoms with Gasteiger partial charge in [0.25, 0.3) is 11.4 Å². The van der Waals surface area contributed by atoms with Crippen LogP contribution in [0.2, 0.25) is 0 Å². The largest absolute Gasteiger partial charge is 0.449 e. The van der Waals surface area contributed by atoms with E-state index in [0.717, 1.165) is 34.0 Å². The van der Waals surface area contributed by atoms with Crippen molar-refractivity contribution in [3.05, 3.63) is 91.7 Å². The first-order valence-corrected chi connectivity index (χ1v) is 19.3. The number of nitrogens with one attached hydrogen (secondary N) is 3. The summed E-state index contributed by atoms with van der Waals surface area (Å²) in [7, 11) is 0. The minimum absolute atomic E-state index is 0. The number of rotatable bonds is 10. The first-order valence-electron chi connectivity index (χ1n) is 17.6. The summed E-state index contributed by atoms with van der Waals surface area (Å²) in [5.41, 5.74) is 0.837. The zero-order chi connectivity index (χ0) is 43.3. The molecule has 2 fully saturated rings. The third kappa shape index (κ3) is 15.2. The summed E-state index contributed by atoms with van der Waals surface area (Å²) in [6.45, 7) is 8.28. The molecule has 4 aromatic rings. The smallest absolute Gasteiger partial charge is 0.446 e. The zero-order valence-electron chi connectivity index (χ0n) is 31.7. The number of thiophene rings is 2. The monoisotopic (exact) mass is 880 g/mol. The van der Waals surface area contributed by atoms with Crippen LogP contribution in [-0.4, -0.2) is 90.5 Å². The zero-order valence-corrected chi connectivity index (χ0v) is 33.3. The highest BCUT2D eigenvalue weighted by Crippen LogP contribution is 2.34. The Morgan fingerprint density at radius 2 is 1.25 bits per heavy atom. The van der Waals surface area contributed by atoms with Crippen LogP contribution in [0.3, 0.4) is 0 Å². The van der Waals surface area contributed by atoms with E-state index in [0.29, 0.717) is 25.6 Å². The van der Waals surface area contributed by atoms with Gasteiger partial charge in [0.15, 0.2) is 0 Å². The average Bonchev–Trinajstić information content (AvgIpc) is 3.86. The number of carbonyl (C=O) groups is 4. The van der Waals surface area contributed by atoms with E-state index >= 15 is 0 Å². The van der Waals surface area contributed by atoms with Gasteiger partial charge in [0.05, 0.1) is 23.1 Å². The van der Waals surface area contributed by atoms with E-state index in [-0.39, 0.29) is 42.7 Å². The lowest BCUT2D eigenvalue weighted by Crippen LogP contribution is -2.53. The van der Waals surface area contributed by atoms with Gasteiger partial charge in [-0.1, -0.05) is 19.6 Å². The highest BCUT2D eigenvalue weighted by Gasteiger charge is 2.34. The van der Waals surface area contributed by atoms with Crippen LogP contribution in [-0.2, 0) is 19.0 Å². The number of hydrogen-bond acceptors (Lipinski definition) is 14. The van der Waals surface area contributed by atoms with Crippen molar-refractivity contribution in [2.24, 2.45) is 11.8 Å². The van der Waals surface area contributed by atoms with E-state index in [9.17, 15) is 47.8 Å². The molecular weight excluding hydrogens is 838 g/mol. The van der Waals surface area contributed by atoms with Gasteiger partial charge in [-0.15, -0.1) is 22.7 Å². The highest BCUT2D eigenvalue weighted by atomic mass is 32.1. The number of benzene rings is 2. The lowest BCUT2D eigenvalue weighted by molar-refractivity contribution is -0.384. The minimum Gasteiger partial charge on any atom is -0.449 e. The van der Waals surface area contributed by atoms with Crippen LogP contribution in [0.1, 0.15) is 28.2 Å². The Hall–Kier alpha value is -6.13. The van der Waals surface area contributed by atoms with Crippen molar-refractivity contribution in [2.75, 3.05) is 50.0 Å². The number of carbonyl (C=O) groups excluding carboxylic acids is 4. The number of amides is 3.